The Morgan fingerprint density at radius 2 is 2.00 bits per heavy atom. The second-order valence-corrected chi connectivity index (χ2v) is 7.64. The van der Waals surface area contributed by atoms with Gasteiger partial charge in [-0.25, -0.2) is 9.48 Å². The van der Waals surface area contributed by atoms with Gasteiger partial charge in [0.15, 0.2) is 6.29 Å². The van der Waals surface area contributed by atoms with Gasteiger partial charge in [-0.15, -0.1) is 0 Å². The Balaban J connectivity index is 1.49. The Hall–Kier alpha value is -2.87. The number of nitrogens with zero attached hydrogens (tertiary/aromatic N) is 2. The number of hydrogen-bond donors (Lipinski definition) is 4. The van der Waals surface area contributed by atoms with Gasteiger partial charge in [0.25, 0.3) is 0 Å². The summed E-state index contributed by atoms with van der Waals surface area (Å²) < 4.78 is 1.63. The van der Waals surface area contributed by atoms with Crippen LogP contribution in [0.1, 0.15) is 43.2 Å². The molecule has 3 unspecified atom stereocenters. The number of anilines is 2. The maximum atomic E-state index is 12.5. The average molecular weight is 382 g/mol. The highest BCUT2D eigenvalue weighted by molar-refractivity contribution is 5.99. The van der Waals surface area contributed by atoms with E-state index in [9.17, 15) is 9.59 Å². The zero-order valence-corrected chi connectivity index (χ0v) is 16.2. The maximum absolute atomic E-state index is 12.5. The molecule has 0 radical (unpaired) electrons. The SMILES string of the molecule is Cc1cccc(NC(=O)Nc2cc(C)nn2C2NC(=O)C3CCCCC3N2)c1. The molecule has 8 heteroatoms. The lowest BCUT2D eigenvalue weighted by Gasteiger charge is -2.40. The lowest BCUT2D eigenvalue weighted by molar-refractivity contribution is -0.132. The van der Waals surface area contributed by atoms with E-state index in [0.717, 1.165) is 42.6 Å². The molecule has 8 nitrogen and oxygen atoms in total. The van der Waals surface area contributed by atoms with E-state index in [4.69, 9.17) is 0 Å². The first-order valence-electron chi connectivity index (χ1n) is 9.77. The van der Waals surface area contributed by atoms with Gasteiger partial charge in [-0.05, 0) is 44.4 Å². The van der Waals surface area contributed by atoms with E-state index in [0.29, 0.717) is 5.82 Å². The summed E-state index contributed by atoms with van der Waals surface area (Å²) in [6, 6.07) is 9.17. The molecule has 3 atom stereocenters. The second kappa shape index (κ2) is 7.63. The summed E-state index contributed by atoms with van der Waals surface area (Å²) in [5.74, 6) is 0.592. The summed E-state index contributed by atoms with van der Waals surface area (Å²) in [5, 5.41) is 16.6. The Bertz CT molecular complexity index is 893. The number of benzene rings is 1. The van der Waals surface area contributed by atoms with Crippen LogP contribution in [0, 0.1) is 19.8 Å². The lowest BCUT2D eigenvalue weighted by atomic mass is 9.83. The zero-order valence-electron chi connectivity index (χ0n) is 16.2. The summed E-state index contributed by atoms with van der Waals surface area (Å²) in [7, 11) is 0. The molecule has 1 aromatic heterocycles. The molecule has 1 aliphatic carbocycles. The lowest BCUT2D eigenvalue weighted by Crippen LogP contribution is -2.59. The van der Waals surface area contributed by atoms with E-state index in [1.54, 1.807) is 10.7 Å². The monoisotopic (exact) mass is 382 g/mol. The Kier molecular flexibility index (Phi) is 5.04. The van der Waals surface area contributed by atoms with Crippen molar-refractivity contribution >= 4 is 23.4 Å². The smallest absolute Gasteiger partial charge is 0.322 e. The van der Waals surface area contributed by atoms with Crippen LogP contribution in [0.25, 0.3) is 0 Å². The predicted octanol–water partition coefficient (Wildman–Crippen LogP) is 2.88. The van der Waals surface area contributed by atoms with Gasteiger partial charge in [-0.3, -0.25) is 15.4 Å². The van der Waals surface area contributed by atoms with Crippen molar-refractivity contribution in [3.63, 3.8) is 0 Å². The Labute approximate surface area is 164 Å². The van der Waals surface area contributed by atoms with Crippen molar-refractivity contribution in [2.45, 2.75) is 51.9 Å². The molecule has 148 valence electrons. The van der Waals surface area contributed by atoms with Crippen LogP contribution in [-0.2, 0) is 4.79 Å². The number of hydrogen-bond acceptors (Lipinski definition) is 4. The molecular formula is C20H26N6O2. The fraction of sp³-hybridized carbons (Fsp3) is 0.450. The van der Waals surface area contributed by atoms with Crippen molar-refractivity contribution in [1.82, 2.24) is 20.4 Å². The van der Waals surface area contributed by atoms with Crippen LogP contribution in [-0.4, -0.2) is 27.8 Å². The van der Waals surface area contributed by atoms with Gasteiger partial charge < -0.3 is 10.6 Å². The number of urea groups is 1. The number of carbonyl (C=O) groups excluding carboxylic acids is 2. The first-order valence-corrected chi connectivity index (χ1v) is 9.77. The quantitative estimate of drug-likeness (QED) is 0.656. The minimum atomic E-state index is -0.477. The van der Waals surface area contributed by atoms with Crippen molar-refractivity contribution in [2.24, 2.45) is 5.92 Å². The van der Waals surface area contributed by atoms with Gasteiger partial charge in [-0.2, -0.15) is 5.10 Å². The molecule has 2 fully saturated rings. The summed E-state index contributed by atoms with van der Waals surface area (Å²) in [6.45, 7) is 3.83. The number of fused-ring (bicyclic) bond motifs is 1. The Morgan fingerprint density at radius 1 is 1.18 bits per heavy atom. The summed E-state index contributed by atoms with van der Waals surface area (Å²) in [4.78, 5) is 25.0. The highest BCUT2D eigenvalue weighted by atomic mass is 16.2. The van der Waals surface area contributed by atoms with Crippen molar-refractivity contribution in [3.05, 3.63) is 41.6 Å². The summed E-state index contributed by atoms with van der Waals surface area (Å²) >= 11 is 0. The van der Waals surface area contributed by atoms with Crippen LogP contribution < -0.4 is 21.3 Å². The van der Waals surface area contributed by atoms with Crippen LogP contribution in [0.15, 0.2) is 30.3 Å². The average Bonchev–Trinajstić information content (AvgIpc) is 3.01. The van der Waals surface area contributed by atoms with E-state index in [1.807, 2.05) is 38.1 Å². The Morgan fingerprint density at radius 3 is 2.82 bits per heavy atom. The zero-order chi connectivity index (χ0) is 19.7. The van der Waals surface area contributed by atoms with E-state index in [1.165, 1.54) is 0 Å². The molecule has 28 heavy (non-hydrogen) atoms. The molecule has 0 bridgehead atoms. The molecule has 4 N–H and O–H groups in total. The predicted molar refractivity (Wildman–Crippen MR) is 107 cm³/mol. The molecule has 4 rings (SSSR count). The number of nitrogens with one attached hydrogen (secondary N) is 4. The molecule has 1 aliphatic heterocycles. The van der Waals surface area contributed by atoms with Crippen molar-refractivity contribution in [2.75, 3.05) is 10.6 Å². The van der Waals surface area contributed by atoms with Gasteiger partial charge >= 0.3 is 6.03 Å². The number of aryl methyl sites for hydroxylation is 2. The van der Waals surface area contributed by atoms with Crippen LogP contribution in [0.3, 0.4) is 0 Å². The standard InChI is InChI=1S/C20H26N6O2/c1-12-6-5-7-14(10-12)21-20(28)23-17-11-13(2)25-26(17)19-22-16-9-4-3-8-15(16)18(27)24-19/h5-7,10-11,15-16,19,22H,3-4,8-9H2,1-2H3,(H,24,27)(H2,21,23,28). The fourth-order valence-corrected chi connectivity index (χ4v) is 4.07. The minimum absolute atomic E-state index is 0.0164. The highest BCUT2D eigenvalue weighted by Crippen LogP contribution is 2.29. The van der Waals surface area contributed by atoms with Crippen molar-refractivity contribution in [3.8, 4) is 0 Å². The number of aromatic nitrogens is 2. The van der Waals surface area contributed by atoms with E-state index in [-0.39, 0.29) is 23.9 Å². The summed E-state index contributed by atoms with van der Waals surface area (Å²) in [6.07, 6.45) is 3.63. The molecule has 2 aromatic rings. The van der Waals surface area contributed by atoms with Gasteiger partial charge in [-0.1, -0.05) is 25.0 Å². The topological polar surface area (TPSA) is 100 Å². The third kappa shape index (κ3) is 3.87. The molecule has 2 aliphatic rings. The van der Waals surface area contributed by atoms with E-state index in [2.05, 4.69) is 26.4 Å². The third-order valence-electron chi connectivity index (χ3n) is 5.37. The molecule has 3 amide bonds. The first kappa shape index (κ1) is 18.5. The largest absolute Gasteiger partial charge is 0.324 e. The van der Waals surface area contributed by atoms with Gasteiger partial charge in [0.05, 0.1) is 11.6 Å². The van der Waals surface area contributed by atoms with Gasteiger partial charge in [0.2, 0.25) is 5.91 Å². The van der Waals surface area contributed by atoms with E-state index >= 15 is 0 Å². The highest BCUT2D eigenvalue weighted by Gasteiger charge is 2.38. The van der Waals surface area contributed by atoms with E-state index < -0.39 is 6.29 Å². The summed E-state index contributed by atoms with van der Waals surface area (Å²) in [5.41, 5.74) is 2.54. The molecule has 1 saturated carbocycles. The van der Waals surface area contributed by atoms with Crippen LogP contribution in [0.2, 0.25) is 0 Å². The number of carbonyl (C=O) groups is 2. The molecule has 2 heterocycles. The van der Waals surface area contributed by atoms with Gasteiger partial charge in [0, 0.05) is 17.8 Å². The minimum Gasteiger partial charge on any atom is -0.322 e. The molecule has 0 spiro atoms. The second-order valence-electron chi connectivity index (χ2n) is 7.64. The van der Waals surface area contributed by atoms with Crippen LogP contribution in [0.4, 0.5) is 16.3 Å². The normalized spacial score (nSPS) is 24.2. The molecule has 1 aromatic carbocycles. The van der Waals surface area contributed by atoms with Crippen LogP contribution >= 0.6 is 0 Å². The van der Waals surface area contributed by atoms with Gasteiger partial charge in [0.1, 0.15) is 5.82 Å². The fourth-order valence-electron chi connectivity index (χ4n) is 4.07. The molecule has 1 saturated heterocycles. The number of amides is 3. The molecular weight excluding hydrogens is 356 g/mol. The first-order chi connectivity index (χ1) is 13.5. The van der Waals surface area contributed by atoms with Crippen LogP contribution in [0.5, 0.6) is 0 Å². The number of rotatable bonds is 3. The van der Waals surface area contributed by atoms with Crippen molar-refractivity contribution in [1.29, 1.82) is 0 Å². The maximum Gasteiger partial charge on any atom is 0.324 e. The van der Waals surface area contributed by atoms with Crippen molar-refractivity contribution < 1.29 is 9.59 Å². The third-order valence-corrected chi connectivity index (χ3v) is 5.37.